The lowest BCUT2D eigenvalue weighted by molar-refractivity contribution is 0.256. The summed E-state index contributed by atoms with van der Waals surface area (Å²) >= 11 is 0. The lowest BCUT2D eigenvalue weighted by Gasteiger charge is -2.11. The molecule has 0 spiro atoms. The molecule has 10 heteroatoms. The minimum absolute atomic E-state index is 0.00754. The second-order valence-electron chi connectivity index (χ2n) is 5.36. The van der Waals surface area contributed by atoms with Crippen molar-refractivity contribution in [2.45, 2.75) is 24.5 Å². The van der Waals surface area contributed by atoms with E-state index in [0.29, 0.717) is 17.0 Å². The molecule has 0 saturated carbocycles. The Morgan fingerprint density at radius 1 is 1.16 bits per heavy atom. The number of benzene rings is 1. The van der Waals surface area contributed by atoms with Crippen molar-refractivity contribution in [3.8, 4) is 0 Å². The molecule has 0 aliphatic rings. The average Bonchev–Trinajstić information content (AvgIpc) is 2.44. The summed E-state index contributed by atoms with van der Waals surface area (Å²) in [6.45, 7) is 3.46. The Morgan fingerprint density at radius 2 is 1.76 bits per heavy atom. The fourth-order valence-electron chi connectivity index (χ4n) is 2.19. The first-order valence-corrected chi connectivity index (χ1v) is 10.4. The molecule has 1 aromatic carbocycles. The lowest BCUT2D eigenvalue weighted by Crippen LogP contribution is -2.35. The fraction of sp³-hybridized carbons (Fsp3) is 0.267. The predicted molar refractivity (Wildman–Crippen MR) is 95.1 cm³/mol. The van der Waals surface area contributed by atoms with Crippen LogP contribution in [0.1, 0.15) is 17.0 Å². The molecule has 2 rings (SSSR count). The summed E-state index contributed by atoms with van der Waals surface area (Å²) in [6.07, 6.45) is 1.47. The van der Waals surface area contributed by atoms with Gasteiger partial charge in [0.05, 0.1) is 4.90 Å². The van der Waals surface area contributed by atoms with Gasteiger partial charge in [-0.15, -0.1) is 0 Å². The predicted octanol–water partition coefficient (Wildman–Crippen LogP) is 1.48. The van der Waals surface area contributed by atoms with Crippen LogP contribution in [0, 0.1) is 13.8 Å². The van der Waals surface area contributed by atoms with E-state index < -0.39 is 26.9 Å². The molecular weight excluding hydrogens is 364 g/mol. The van der Waals surface area contributed by atoms with Gasteiger partial charge < -0.3 is 0 Å². The summed E-state index contributed by atoms with van der Waals surface area (Å²) in [5.74, 6) is 0.0759. The van der Waals surface area contributed by atoms with Gasteiger partial charge in [-0.2, -0.15) is 0 Å². The minimum atomic E-state index is -4.13. The maximum Gasteiger partial charge on any atom is 0.335 e. The molecule has 1 unspecified atom stereocenters. The second kappa shape index (κ2) is 7.70. The summed E-state index contributed by atoms with van der Waals surface area (Å²) in [5, 5.41) is 2.30. The van der Waals surface area contributed by atoms with Crippen LogP contribution in [0.25, 0.3) is 0 Å². The summed E-state index contributed by atoms with van der Waals surface area (Å²) in [6, 6.07) is 6.83. The molecule has 2 amide bonds. The molecule has 0 saturated heterocycles. The Labute approximate surface area is 148 Å². The van der Waals surface area contributed by atoms with Crippen molar-refractivity contribution in [1.82, 2.24) is 14.7 Å². The largest absolute Gasteiger partial charge is 0.335 e. The quantitative estimate of drug-likeness (QED) is 0.809. The van der Waals surface area contributed by atoms with Crippen molar-refractivity contribution >= 4 is 32.8 Å². The maximum absolute atomic E-state index is 12.5. The van der Waals surface area contributed by atoms with E-state index in [1.807, 2.05) is 4.72 Å². The standard InChI is InChI=1S/C15H18N4O4S2/c1-10-8-11(2)17-14(16-10)18-15(20)19-25(22,23)13-7-5-4-6-12(13)9-24(3)21/h4-8H,9H2,1-3H3,(H2,16,17,18,19,20). The lowest BCUT2D eigenvalue weighted by atomic mass is 10.2. The molecule has 8 nitrogen and oxygen atoms in total. The van der Waals surface area contributed by atoms with E-state index in [1.54, 1.807) is 32.0 Å². The molecule has 0 aliphatic heterocycles. The topological polar surface area (TPSA) is 118 Å². The van der Waals surface area contributed by atoms with E-state index in [9.17, 15) is 17.4 Å². The van der Waals surface area contributed by atoms with Gasteiger partial charge in [0.2, 0.25) is 5.95 Å². The molecule has 0 bridgehead atoms. The van der Waals surface area contributed by atoms with Crippen LogP contribution in [0.15, 0.2) is 35.2 Å². The maximum atomic E-state index is 12.5. The highest BCUT2D eigenvalue weighted by atomic mass is 32.2. The second-order valence-corrected chi connectivity index (χ2v) is 8.45. The van der Waals surface area contributed by atoms with Gasteiger partial charge in [0.1, 0.15) is 0 Å². The number of hydrogen-bond donors (Lipinski definition) is 2. The van der Waals surface area contributed by atoms with Gasteiger partial charge in [0.15, 0.2) is 0 Å². The van der Waals surface area contributed by atoms with Crippen LogP contribution in [-0.4, -0.2) is 34.9 Å². The van der Waals surface area contributed by atoms with E-state index in [1.165, 1.54) is 18.4 Å². The van der Waals surface area contributed by atoms with Crippen molar-refractivity contribution in [3.05, 3.63) is 47.3 Å². The Bertz CT molecular complexity index is 909. The van der Waals surface area contributed by atoms with Crippen molar-refractivity contribution in [2.75, 3.05) is 11.6 Å². The number of amides is 2. The molecule has 0 fully saturated rings. The van der Waals surface area contributed by atoms with Crippen LogP contribution >= 0.6 is 0 Å². The van der Waals surface area contributed by atoms with Crippen LogP contribution in [0.2, 0.25) is 0 Å². The van der Waals surface area contributed by atoms with Gasteiger partial charge in [0.25, 0.3) is 10.0 Å². The van der Waals surface area contributed by atoms with Crippen LogP contribution in [0.3, 0.4) is 0 Å². The van der Waals surface area contributed by atoms with Crippen molar-refractivity contribution in [1.29, 1.82) is 0 Å². The molecule has 0 radical (unpaired) electrons. The summed E-state index contributed by atoms with van der Waals surface area (Å²) in [5.41, 5.74) is 1.65. The van der Waals surface area contributed by atoms with Gasteiger partial charge >= 0.3 is 6.03 Å². The molecule has 25 heavy (non-hydrogen) atoms. The molecule has 1 aromatic heterocycles. The summed E-state index contributed by atoms with van der Waals surface area (Å²) in [4.78, 5) is 20.0. The van der Waals surface area contributed by atoms with Gasteiger partial charge in [-0.05, 0) is 31.5 Å². The third kappa shape index (κ3) is 5.33. The first-order valence-electron chi connectivity index (χ1n) is 7.21. The average molecular weight is 382 g/mol. The van der Waals surface area contributed by atoms with E-state index in [-0.39, 0.29) is 16.6 Å². The van der Waals surface area contributed by atoms with Crippen LogP contribution in [-0.2, 0) is 26.6 Å². The Morgan fingerprint density at radius 3 is 2.36 bits per heavy atom. The van der Waals surface area contributed by atoms with Crippen LogP contribution in [0.4, 0.5) is 10.7 Å². The van der Waals surface area contributed by atoms with Crippen molar-refractivity contribution in [3.63, 3.8) is 0 Å². The third-order valence-corrected chi connectivity index (χ3v) is 5.20. The number of rotatable bonds is 5. The molecule has 0 aliphatic carbocycles. The van der Waals surface area contributed by atoms with E-state index >= 15 is 0 Å². The fourth-order valence-corrected chi connectivity index (χ4v) is 4.12. The van der Waals surface area contributed by atoms with Crippen molar-refractivity contribution < 1.29 is 17.4 Å². The van der Waals surface area contributed by atoms with Gasteiger partial charge in [-0.1, -0.05) is 18.2 Å². The number of nitrogens with one attached hydrogen (secondary N) is 2. The van der Waals surface area contributed by atoms with Crippen molar-refractivity contribution in [2.24, 2.45) is 0 Å². The van der Waals surface area contributed by atoms with Gasteiger partial charge in [-0.3, -0.25) is 9.53 Å². The normalized spacial score (nSPS) is 12.4. The number of aryl methyl sites for hydroxylation is 2. The Hall–Kier alpha value is -2.33. The number of carbonyl (C=O) groups is 1. The number of anilines is 1. The zero-order valence-corrected chi connectivity index (χ0v) is 15.6. The zero-order chi connectivity index (χ0) is 18.6. The molecule has 2 aromatic rings. The van der Waals surface area contributed by atoms with E-state index in [4.69, 9.17) is 0 Å². The van der Waals surface area contributed by atoms with Crippen LogP contribution in [0.5, 0.6) is 0 Å². The van der Waals surface area contributed by atoms with E-state index in [2.05, 4.69) is 15.3 Å². The number of sulfonamides is 1. The number of urea groups is 1. The molecule has 134 valence electrons. The molecule has 2 N–H and O–H groups in total. The Balaban J connectivity index is 2.21. The number of hydrogen-bond acceptors (Lipinski definition) is 6. The van der Waals surface area contributed by atoms with Gasteiger partial charge in [0, 0.05) is 34.2 Å². The highest BCUT2D eigenvalue weighted by Gasteiger charge is 2.21. The van der Waals surface area contributed by atoms with E-state index in [0.717, 1.165) is 0 Å². The SMILES string of the molecule is Cc1cc(C)nc(NC(=O)NS(=O)(=O)c2ccccc2CS(C)=O)n1. The number of nitrogens with zero attached hydrogens (tertiary/aromatic N) is 2. The third-order valence-electron chi connectivity index (χ3n) is 3.06. The van der Waals surface area contributed by atoms with Crippen LogP contribution < -0.4 is 10.0 Å². The monoisotopic (exact) mass is 382 g/mol. The Kier molecular flexibility index (Phi) is 5.85. The molecular formula is C15H18N4O4S2. The number of aromatic nitrogens is 2. The highest BCUT2D eigenvalue weighted by Crippen LogP contribution is 2.17. The summed E-state index contributed by atoms with van der Waals surface area (Å²) < 4.78 is 38.3. The first-order chi connectivity index (χ1) is 11.7. The molecule has 1 atom stereocenters. The smallest absolute Gasteiger partial charge is 0.275 e. The first kappa shape index (κ1) is 19.0. The molecule has 1 heterocycles. The summed E-state index contributed by atoms with van der Waals surface area (Å²) in [7, 11) is -5.35. The highest BCUT2D eigenvalue weighted by molar-refractivity contribution is 7.90. The minimum Gasteiger partial charge on any atom is -0.275 e. The number of carbonyl (C=O) groups excluding carboxylic acids is 1. The van der Waals surface area contributed by atoms with Gasteiger partial charge in [-0.25, -0.2) is 27.9 Å². The zero-order valence-electron chi connectivity index (χ0n) is 13.9.